The van der Waals surface area contributed by atoms with E-state index in [1.165, 1.54) is 4.68 Å². The van der Waals surface area contributed by atoms with Crippen molar-refractivity contribution in [3.05, 3.63) is 65.1 Å². The van der Waals surface area contributed by atoms with E-state index in [4.69, 9.17) is 0 Å². The zero-order valence-electron chi connectivity index (χ0n) is 15.2. The molecule has 2 heterocycles. The van der Waals surface area contributed by atoms with Gasteiger partial charge in [-0.05, 0) is 38.7 Å². The molecule has 132 valence electrons. The highest BCUT2D eigenvalue weighted by molar-refractivity contribution is 5.86. The number of nitrogens with one attached hydrogen (secondary N) is 1. The molecule has 6 heteroatoms. The van der Waals surface area contributed by atoms with Crippen molar-refractivity contribution >= 4 is 16.7 Å². The summed E-state index contributed by atoms with van der Waals surface area (Å²) < 4.78 is 1.33. The lowest BCUT2D eigenvalue weighted by molar-refractivity contribution is 0.346. The van der Waals surface area contributed by atoms with Gasteiger partial charge in [0, 0.05) is 19.8 Å². The molecule has 0 aliphatic carbocycles. The molecule has 2 aromatic rings. The molecular formula is C19H25N5O. The van der Waals surface area contributed by atoms with Crippen LogP contribution in [0.1, 0.15) is 6.92 Å². The van der Waals surface area contributed by atoms with E-state index in [1.54, 1.807) is 25.4 Å². The average Bonchev–Trinajstić information content (AvgIpc) is 2.59. The van der Waals surface area contributed by atoms with Crippen LogP contribution in [0.5, 0.6) is 0 Å². The van der Waals surface area contributed by atoms with Gasteiger partial charge >= 0.3 is 0 Å². The Morgan fingerprint density at radius 3 is 2.88 bits per heavy atom. The van der Waals surface area contributed by atoms with Gasteiger partial charge in [0.15, 0.2) is 5.82 Å². The van der Waals surface area contributed by atoms with Crippen LogP contribution in [0, 0.1) is 0 Å². The lowest BCUT2D eigenvalue weighted by atomic mass is 10.1. The average molecular weight is 339 g/mol. The van der Waals surface area contributed by atoms with E-state index in [2.05, 4.69) is 26.9 Å². The lowest BCUT2D eigenvalue weighted by Crippen LogP contribution is -2.36. The first-order valence-electron chi connectivity index (χ1n) is 8.16. The third-order valence-corrected chi connectivity index (χ3v) is 3.93. The maximum atomic E-state index is 12.2. The molecule has 1 atom stereocenters. The molecule has 0 fully saturated rings. The number of aromatic nitrogens is 3. The molecule has 6 nitrogen and oxygen atoms in total. The third kappa shape index (κ3) is 4.42. The van der Waals surface area contributed by atoms with Crippen molar-refractivity contribution in [2.75, 3.05) is 26.0 Å². The number of rotatable bonds is 7. The second-order valence-corrected chi connectivity index (χ2v) is 6.00. The van der Waals surface area contributed by atoms with E-state index in [0.717, 1.165) is 5.57 Å². The lowest BCUT2D eigenvalue weighted by Gasteiger charge is -2.25. The van der Waals surface area contributed by atoms with Gasteiger partial charge in [-0.25, -0.2) is 4.68 Å². The van der Waals surface area contributed by atoms with Crippen LogP contribution >= 0.6 is 0 Å². The molecule has 0 saturated heterocycles. The molecule has 0 radical (unpaired) electrons. The zero-order valence-corrected chi connectivity index (χ0v) is 15.2. The Balaban J connectivity index is 2.27. The maximum absolute atomic E-state index is 12.2. The highest BCUT2D eigenvalue weighted by Gasteiger charge is 2.15. The number of anilines is 1. The minimum absolute atomic E-state index is 0.0827. The number of likely N-dealkylation sites (N-methyl/N-ethyl adjacent to an activating group) is 1. The summed E-state index contributed by atoms with van der Waals surface area (Å²) in [6.07, 6.45) is 9.57. The predicted octanol–water partition coefficient (Wildman–Crippen LogP) is 2.36. The molecule has 0 unspecified atom stereocenters. The normalized spacial score (nSPS) is 13.2. The molecule has 0 aromatic carbocycles. The Morgan fingerprint density at radius 1 is 1.44 bits per heavy atom. The number of fused-ring (bicyclic) bond motifs is 1. The molecule has 0 amide bonds. The summed E-state index contributed by atoms with van der Waals surface area (Å²) in [6.45, 7) is 6.73. The molecule has 2 aromatic heterocycles. The van der Waals surface area contributed by atoms with Crippen LogP contribution in [0.25, 0.3) is 10.9 Å². The summed E-state index contributed by atoms with van der Waals surface area (Å²) in [5.41, 5.74) is 1.41. The van der Waals surface area contributed by atoms with Crippen molar-refractivity contribution in [2.24, 2.45) is 7.05 Å². The maximum Gasteiger partial charge on any atom is 0.276 e. The Hall–Kier alpha value is -2.73. The molecule has 0 saturated carbocycles. The summed E-state index contributed by atoms with van der Waals surface area (Å²) in [5, 5.41) is 8.19. The Kier molecular flexibility index (Phi) is 6.25. The van der Waals surface area contributed by atoms with Gasteiger partial charge in [-0.15, -0.1) is 0 Å². The molecule has 0 aliphatic heterocycles. The number of nitrogens with zero attached hydrogens (tertiary/aromatic N) is 4. The first-order valence-corrected chi connectivity index (χ1v) is 8.16. The van der Waals surface area contributed by atoms with Crippen LogP contribution in [0.15, 0.2) is 59.6 Å². The third-order valence-electron chi connectivity index (χ3n) is 3.93. The van der Waals surface area contributed by atoms with Crippen LogP contribution in [-0.4, -0.2) is 46.3 Å². The number of hydrogen-bond donors (Lipinski definition) is 1. The predicted molar refractivity (Wildman–Crippen MR) is 104 cm³/mol. The minimum Gasteiger partial charge on any atom is -0.365 e. The second-order valence-electron chi connectivity index (χ2n) is 6.00. The van der Waals surface area contributed by atoms with Gasteiger partial charge < -0.3 is 10.2 Å². The molecule has 2 rings (SSSR count). The fraction of sp³-hybridized carbons (Fsp3) is 0.316. The first-order chi connectivity index (χ1) is 12.0. The monoisotopic (exact) mass is 339 g/mol. The van der Waals surface area contributed by atoms with Gasteiger partial charge in [0.05, 0.1) is 11.4 Å². The number of allylic oxidation sites excluding steroid dienone is 3. The van der Waals surface area contributed by atoms with E-state index in [0.29, 0.717) is 23.3 Å². The summed E-state index contributed by atoms with van der Waals surface area (Å²) >= 11 is 0. The van der Waals surface area contributed by atoms with Crippen LogP contribution in [0.4, 0.5) is 5.82 Å². The fourth-order valence-electron chi connectivity index (χ4n) is 2.54. The van der Waals surface area contributed by atoms with Crippen molar-refractivity contribution < 1.29 is 0 Å². The van der Waals surface area contributed by atoms with Crippen molar-refractivity contribution in [1.29, 1.82) is 0 Å². The SMILES string of the molecule is C=C(/C=C\C=C/C)[C@@H](CNc1nn(C)c(=O)c2cccnc12)N(C)C. The fourth-order valence-corrected chi connectivity index (χ4v) is 2.54. The van der Waals surface area contributed by atoms with Crippen molar-refractivity contribution in [1.82, 2.24) is 19.7 Å². The summed E-state index contributed by atoms with van der Waals surface area (Å²) in [7, 11) is 5.65. The molecule has 1 N–H and O–H groups in total. The Bertz CT molecular complexity index is 864. The molecule has 0 spiro atoms. The van der Waals surface area contributed by atoms with E-state index < -0.39 is 0 Å². The van der Waals surface area contributed by atoms with E-state index >= 15 is 0 Å². The van der Waals surface area contributed by atoms with Gasteiger partial charge in [0.25, 0.3) is 5.56 Å². The van der Waals surface area contributed by atoms with Gasteiger partial charge in [-0.1, -0.05) is 30.9 Å². The topological polar surface area (TPSA) is 63.1 Å². The van der Waals surface area contributed by atoms with Gasteiger partial charge in [0.1, 0.15) is 5.52 Å². The summed E-state index contributed by atoms with van der Waals surface area (Å²) in [5.74, 6) is 0.592. The number of pyridine rings is 1. The molecule has 25 heavy (non-hydrogen) atoms. The van der Waals surface area contributed by atoms with Gasteiger partial charge in [-0.3, -0.25) is 9.78 Å². The van der Waals surface area contributed by atoms with Crippen molar-refractivity contribution in [2.45, 2.75) is 13.0 Å². The van der Waals surface area contributed by atoms with Gasteiger partial charge in [-0.2, -0.15) is 5.10 Å². The quantitative estimate of drug-likeness (QED) is 0.785. The summed E-state index contributed by atoms with van der Waals surface area (Å²) in [6, 6.07) is 3.60. The Morgan fingerprint density at radius 2 is 2.20 bits per heavy atom. The smallest absolute Gasteiger partial charge is 0.276 e. The number of hydrogen-bond acceptors (Lipinski definition) is 5. The summed E-state index contributed by atoms with van der Waals surface area (Å²) in [4.78, 5) is 18.6. The minimum atomic E-state index is -0.156. The highest BCUT2D eigenvalue weighted by atomic mass is 16.1. The van der Waals surface area contributed by atoms with E-state index in [-0.39, 0.29) is 11.6 Å². The Labute approximate surface area is 148 Å². The van der Waals surface area contributed by atoms with Crippen LogP contribution in [0.3, 0.4) is 0 Å². The van der Waals surface area contributed by atoms with Crippen LogP contribution < -0.4 is 10.9 Å². The molecule has 0 bridgehead atoms. The second kappa shape index (κ2) is 8.39. The van der Waals surface area contributed by atoms with Gasteiger partial charge in [0.2, 0.25) is 0 Å². The highest BCUT2D eigenvalue weighted by Crippen LogP contribution is 2.16. The van der Waals surface area contributed by atoms with Crippen molar-refractivity contribution in [3.63, 3.8) is 0 Å². The van der Waals surface area contributed by atoms with Crippen LogP contribution in [-0.2, 0) is 7.05 Å². The first kappa shape index (κ1) is 18.6. The zero-order chi connectivity index (χ0) is 18.4. The van der Waals surface area contributed by atoms with Crippen LogP contribution in [0.2, 0.25) is 0 Å². The standard InChI is InChI=1S/C19H25N5O/c1-6-7-8-10-14(2)16(23(3)4)13-21-18-17-15(11-9-12-20-17)19(25)24(5)22-18/h6-12,16H,2,13H2,1,3-5H3,(H,21,22)/b7-6-,10-8-/t16-/m1/s1. The molecular weight excluding hydrogens is 314 g/mol. The van der Waals surface area contributed by atoms with E-state index in [1.807, 2.05) is 45.3 Å². The number of aryl methyl sites for hydroxylation is 1. The van der Waals surface area contributed by atoms with Crippen molar-refractivity contribution in [3.8, 4) is 0 Å². The van der Waals surface area contributed by atoms with E-state index in [9.17, 15) is 4.79 Å². The largest absolute Gasteiger partial charge is 0.365 e. The molecule has 0 aliphatic rings.